The van der Waals surface area contributed by atoms with Gasteiger partial charge in [0.25, 0.3) is 0 Å². The van der Waals surface area contributed by atoms with E-state index >= 15 is 0 Å². The number of fused-ring (bicyclic) bond motifs is 1. The lowest BCUT2D eigenvalue weighted by atomic mass is 10.3. The van der Waals surface area contributed by atoms with Gasteiger partial charge in [-0.25, -0.2) is 9.97 Å². The van der Waals surface area contributed by atoms with Crippen LogP contribution in [0.15, 0.2) is 24.3 Å². The van der Waals surface area contributed by atoms with Crippen LogP contribution in [0.1, 0.15) is 13.8 Å². The van der Waals surface area contributed by atoms with Gasteiger partial charge in [0, 0.05) is 6.04 Å². The summed E-state index contributed by atoms with van der Waals surface area (Å²) < 4.78 is 0. The first-order chi connectivity index (χ1) is 7.16. The molecule has 0 aliphatic rings. The van der Waals surface area contributed by atoms with Crippen molar-refractivity contribution in [2.75, 3.05) is 11.1 Å². The van der Waals surface area contributed by atoms with E-state index in [2.05, 4.69) is 15.3 Å². The average molecular weight is 202 g/mol. The summed E-state index contributed by atoms with van der Waals surface area (Å²) in [6.07, 6.45) is 0. The highest BCUT2D eigenvalue weighted by Crippen LogP contribution is 2.18. The average Bonchev–Trinajstić information content (AvgIpc) is 2.18. The summed E-state index contributed by atoms with van der Waals surface area (Å²) in [5.74, 6) is 1.10. The molecule has 1 aromatic carbocycles. The van der Waals surface area contributed by atoms with E-state index in [-0.39, 0.29) is 0 Å². The third-order valence-electron chi connectivity index (χ3n) is 2.02. The molecule has 0 spiro atoms. The van der Waals surface area contributed by atoms with E-state index in [0.29, 0.717) is 17.7 Å². The molecule has 2 aromatic rings. The molecular weight excluding hydrogens is 188 g/mol. The Hall–Kier alpha value is -1.84. The molecular formula is C11H14N4. The molecule has 0 atom stereocenters. The number of nitrogen functional groups attached to an aromatic ring is 1. The zero-order valence-electron chi connectivity index (χ0n) is 8.86. The number of nitrogens with one attached hydrogen (secondary N) is 1. The summed E-state index contributed by atoms with van der Waals surface area (Å²) in [7, 11) is 0. The molecule has 0 bridgehead atoms. The fourth-order valence-corrected chi connectivity index (χ4v) is 1.39. The third-order valence-corrected chi connectivity index (χ3v) is 2.02. The molecule has 4 nitrogen and oxygen atoms in total. The van der Waals surface area contributed by atoms with E-state index in [1.165, 1.54) is 0 Å². The zero-order valence-corrected chi connectivity index (χ0v) is 8.86. The van der Waals surface area contributed by atoms with Crippen molar-refractivity contribution in [1.82, 2.24) is 9.97 Å². The highest BCUT2D eigenvalue weighted by atomic mass is 15.1. The number of nitrogens with two attached hydrogens (primary N) is 1. The first-order valence-electron chi connectivity index (χ1n) is 4.95. The quantitative estimate of drug-likeness (QED) is 0.782. The number of hydrogen-bond donors (Lipinski definition) is 2. The molecule has 0 aliphatic carbocycles. The lowest BCUT2D eigenvalue weighted by Gasteiger charge is -2.11. The van der Waals surface area contributed by atoms with E-state index in [9.17, 15) is 0 Å². The second kappa shape index (κ2) is 3.73. The van der Waals surface area contributed by atoms with E-state index in [1.54, 1.807) is 0 Å². The molecule has 0 saturated heterocycles. The van der Waals surface area contributed by atoms with Gasteiger partial charge in [0.05, 0.1) is 11.0 Å². The molecule has 0 aliphatic heterocycles. The number of anilines is 2. The van der Waals surface area contributed by atoms with Crippen molar-refractivity contribution in [3.8, 4) is 0 Å². The van der Waals surface area contributed by atoms with Crippen LogP contribution in [0, 0.1) is 0 Å². The Bertz CT molecular complexity index is 479. The lowest BCUT2D eigenvalue weighted by molar-refractivity contribution is 0.890. The molecule has 15 heavy (non-hydrogen) atoms. The summed E-state index contributed by atoms with van der Waals surface area (Å²) in [4.78, 5) is 8.70. The van der Waals surface area contributed by atoms with Crippen molar-refractivity contribution < 1.29 is 0 Å². The third kappa shape index (κ3) is 1.98. The normalized spacial score (nSPS) is 10.9. The van der Waals surface area contributed by atoms with Crippen LogP contribution in [-0.4, -0.2) is 16.0 Å². The van der Waals surface area contributed by atoms with Crippen molar-refractivity contribution >= 4 is 22.7 Å². The molecule has 0 radical (unpaired) electrons. The minimum absolute atomic E-state index is 0.294. The Morgan fingerprint density at radius 1 is 1.13 bits per heavy atom. The van der Waals surface area contributed by atoms with Crippen LogP contribution in [0.2, 0.25) is 0 Å². The minimum Gasteiger partial charge on any atom is -0.381 e. The van der Waals surface area contributed by atoms with Gasteiger partial charge in [-0.1, -0.05) is 12.1 Å². The van der Waals surface area contributed by atoms with Gasteiger partial charge in [0.15, 0.2) is 11.6 Å². The zero-order chi connectivity index (χ0) is 10.8. The number of para-hydroxylation sites is 2. The molecule has 2 rings (SSSR count). The topological polar surface area (TPSA) is 63.8 Å². The van der Waals surface area contributed by atoms with Gasteiger partial charge in [-0.15, -0.1) is 0 Å². The monoisotopic (exact) mass is 202 g/mol. The van der Waals surface area contributed by atoms with Gasteiger partial charge >= 0.3 is 0 Å². The highest BCUT2D eigenvalue weighted by molar-refractivity contribution is 5.79. The first kappa shape index (κ1) is 9.71. The van der Waals surface area contributed by atoms with Crippen LogP contribution >= 0.6 is 0 Å². The summed E-state index contributed by atoms with van der Waals surface area (Å²) in [5.41, 5.74) is 7.48. The van der Waals surface area contributed by atoms with E-state index in [1.807, 2.05) is 38.1 Å². The lowest BCUT2D eigenvalue weighted by Crippen LogP contribution is -2.13. The predicted octanol–water partition coefficient (Wildman–Crippen LogP) is 2.03. The number of rotatable bonds is 2. The molecule has 0 saturated carbocycles. The maximum absolute atomic E-state index is 5.80. The van der Waals surface area contributed by atoms with Crippen LogP contribution in [0.4, 0.5) is 11.6 Å². The van der Waals surface area contributed by atoms with E-state index < -0.39 is 0 Å². The second-order valence-electron chi connectivity index (χ2n) is 3.75. The van der Waals surface area contributed by atoms with Crippen LogP contribution in [0.3, 0.4) is 0 Å². The van der Waals surface area contributed by atoms with Crippen LogP contribution in [-0.2, 0) is 0 Å². The number of benzene rings is 1. The standard InChI is InChI=1S/C11H14N4/c1-7(2)13-11-10(12)14-8-5-3-4-6-9(8)15-11/h3-7H,1-2H3,(H2,12,14)(H,13,15). The number of hydrogen-bond acceptors (Lipinski definition) is 4. The first-order valence-corrected chi connectivity index (χ1v) is 4.95. The molecule has 4 heteroatoms. The van der Waals surface area contributed by atoms with Gasteiger partial charge in [-0.3, -0.25) is 0 Å². The minimum atomic E-state index is 0.294. The summed E-state index contributed by atoms with van der Waals surface area (Å²) in [5, 5.41) is 3.17. The molecule has 3 N–H and O–H groups in total. The highest BCUT2D eigenvalue weighted by Gasteiger charge is 2.05. The smallest absolute Gasteiger partial charge is 0.169 e. The molecule has 0 amide bonds. The van der Waals surface area contributed by atoms with Crippen LogP contribution < -0.4 is 11.1 Å². The molecule has 0 fully saturated rings. The Labute approximate surface area is 88.5 Å². The van der Waals surface area contributed by atoms with Gasteiger partial charge in [0.2, 0.25) is 0 Å². The van der Waals surface area contributed by atoms with Crippen molar-refractivity contribution in [3.63, 3.8) is 0 Å². The summed E-state index contributed by atoms with van der Waals surface area (Å²) >= 11 is 0. The number of nitrogens with zero attached hydrogens (tertiary/aromatic N) is 2. The van der Waals surface area contributed by atoms with Crippen molar-refractivity contribution in [3.05, 3.63) is 24.3 Å². The molecule has 0 unspecified atom stereocenters. The van der Waals surface area contributed by atoms with Gasteiger partial charge in [0.1, 0.15) is 0 Å². The van der Waals surface area contributed by atoms with Gasteiger partial charge in [-0.05, 0) is 26.0 Å². The van der Waals surface area contributed by atoms with Crippen molar-refractivity contribution in [2.24, 2.45) is 0 Å². The Kier molecular flexibility index (Phi) is 2.41. The Balaban J connectivity index is 2.52. The largest absolute Gasteiger partial charge is 0.381 e. The summed E-state index contributed by atoms with van der Waals surface area (Å²) in [6, 6.07) is 7.98. The second-order valence-corrected chi connectivity index (χ2v) is 3.75. The van der Waals surface area contributed by atoms with Gasteiger partial charge in [-0.2, -0.15) is 0 Å². The number of aromatic nitrogens is 2. The Morgan fingerprint density at radius 2 is 1.73 bits per heavy atom. The predicted molar refractivity (Wildman–Crippen MR) is 62.7 cm³/mol. The van der Waals surface area contributed by atoms with Gasteiger partial charge < -0.3 is 11.1 Å². The summed E-state index contributed by atoms with van der Waals surface area (Å²) in [6.45, 7) is 4.08. The molecule has 1 aromatic heterocycles. The fraction of sp³-hybridized carbons (Fsp3) is 0.273. The maximum atomic E-state index is 5.80. The van der Waals surface area contributed by atoms with Crippen LogP contribution in [0.5, 0.6) is 0 Å². The van der Waals surface area contributed by atoms with Crippen molar-refractivity contribution in [1.29, 1.82) is 0 Å². The van der Waals surface area contributed by atoms with Crippen molar-refractivity contribution in [2.45, 2.75) is 19.9 Å². The maximum Gasteiger partial charge on any atom is 0.169 e. The Morgan fingerprint density at radius 3 is 2.33 bits per heavy atom. The fourth-order valence-electron chi connectivity index (χ4n) is 1.39. The SMILES string of the molecule is CC(C)Nc1nc2ccccc2nc1N. The van der Waals surface area contributed by atoms with Crippen LogP contribution in [0.25, 0.3) is 11.0 Å². The molecule has 78 valence electrons. The van der Waals surface area contributed by atoms with E-state index in [0.717, 1.165) is 11.0 Å². The molecule has 1 heterocycles. The van der Waals surface area contributed by atoms with E-state index in [4.69, 9.17) is 5.73 Å².